The number of methoxy groups -OCH3 is 2. The summed E-state index contributed by atoms with van der Waals surface area (Å²) in [4.78, 5) is 48.0. The monoisotopic (exact) mass is 410 g/mol. The molecule has 2 heterocycles. The van der Waals surface area contributed by atoms with Gasteiger partial charge in [-0.2, -0.15) is 0 Å². The lowest BCUT2D eigenvalue weighted by Gasteiger charge is -2.52. The smallest absolute Gasteiger partial charge is 0.326 e. The second-order valence-corrected chi connectivity index (χ2v) is 7.19. The maximum atomic E-state index is 14.0. The van der Waals surface area contributed by atoms with Crippen LogP contribution in [0, 0.1) is 5.41 Å². The van der Waals surface area contributed by atoms with Crippen molar-refractivity contribution in [2.45, 2.75) is 12.0 Å². The van der Waals surface area contributed by atoms with Crippen molar-refractivity contribution in [2.75, 3.05) is 37.8 Å². The zero-order valence-corrected chi connectivity index (χ0v) is 17.0. The van der Waals surface area contributed by atoms with Gasteiger partial charge in [-0.3, -0.25) is 19.2 Å². The third-order valence-electron chi connectivity index (χ3n) is 5.95. The molecule has 1 atom stereocenters. The molecule has 0 aromatic heterocycles. The fraction of sp³-hybridized carbons (Fsp3) is 0.318. The minimum absolute atomic E-state index is 0.0139. The Balaban J connectivity index is 2.13. The maximum Gasteiger partial charge on any atom is 0.326 e. The van der Waals surface area contributed by atoms with Crippen LogP contribution in [0.1, 0.15) is 12.0 Å². The average Bonchev–Trinajstić information content (AvgIpc) is 3.02. The molecule has 8 heteroatoms. The molecule has 30 heavy (non-hydrogen) atoms. The van der Waals surface area contributed by atoms with Crippen LogP contribution < -0.4 is 9.96 Å². The lowest BCUT2D eigenvalue weighted by atomic mass is 9.62. The van der Waals surface area contributed by atoms with Gasteiger partial charge in [-0.1, -0.05) is 36.4 Å². The lowest BCUT2D eigenvalue weighted by molar-refractivity contribution is -0.191. The van der Waals surface area contributed by atoms with Crippen molar-refractivity contribution in [1.29, 1.82) is 0 Å². The number of esters is 2. The zero-order valence-electron chi connectivity index (χ0n) is 17.0. The van der Waals surface area contributed by atoms with Crippen LogP contribution >= 0.6 is 0 Å². The van der Waals surface area contributed by atoms with Crippen LogP contribution in [0.15, 0.2) is 54.6 Å². The predicted molar refractivity (Wildman–Crippen MR) is 107 cm³/mol. The number of carbonyl (C=O) groups is 3. The Morgan fingerprint density at radius 1 is 0.967 bits per heavy atom. The Labute approximate surface area is 173 Å². The van der Waals surface area contributed by atoms with Gasteiger partial charge in [-0.25, -0.2) is 5.06 Å². The molecule has 2 aliphatic rings. The van der Waals surface area contributed by atoms with Crippen LogP contribution in [0.3, 0.4) is 0 Å². The van der Waals surface area contributed by atoms with E-state index >= 15 is 0 Å². The maximum absolute atomic E-state index is 14.0. The Bertz CT molecular complexity index is 992. The molecular weight excluding hydrogens is 388 g/mol. The molecule has 8 nitrogen and oxygen atoms in total. The van der Waals surface area contributed by atoms with Gasteiger partial charge in [-0.15, -0.1) is 0 Å². The minimum atomic E-state index is -1.97. The number of rotatable bonds is 3. The highest BCUT2D eigenvalue weighted by Crippen LogP contribution is 2.59. The first kappa shape index (κ1) is 19.9. The first-order chi connectivity index (χ1) is 14.5. The van der Waals surface area contributed by atoms with E-state index in [2.05, 4.69) is 0 Å². The predicted octanol–water partition coefficient (Wildman–Crippen LogP) is 2.03. The highest BCUT2D eigenvalue weighted by atomic mass is 16.7. The molecule has 0 bridgehead atoms. The van der Waals surface area contributed by atoms with E-state index in [1.165, 1.54) is 24.2 Å². The number of hydrogen-bond acceptors (Lipinski definition) is 7. The van der Waals surface area contributed by atoms with E-state index in [0.717, 1.165) is 0 Å². The second-order valence-electron chi connectivity index (χ2n) is 7.19. The van der Waals surface area contributed by atoms with Gasteiger partial charge in [0.05, 0.1) is 26.5 Å². The largest absolute Gasteiger partial charge is 0.468 e. The highest BCUT2D eigenvalue weighted by molar-refractivity contribution is 6.18. The van der Waals surface area contributed by atoms with Crippen LogP contribution in [-0.4, -0.2) is 45.7 Å². The zero-order chi connectivity index (χ0) is 21.5. The van der Waals surface area contributed by atoms with E-state index in [4.69, 9.17) is 14.3 Å². The first-order valence-corrected chi connectivity index (χ1v) is 9.49. The van der Waals surface area contributed by atoms with Crippen molar-refractivity contribution in [3.05, 3.63) is 60.2 Å². The van der Waals surface area contributed by atoms with Gasteiger partial charge in [0.2, 0.25) is 5.41 Å². The number of hydrogen-bond donors (Lipinski definition) is 0. The topological polar surface area (TPSA) is 85.4 Å². The summed E-state index contributed by atoms with van der Waals surface area (Å²) in [6.07, 6.45) is -0.0798. The number of benzene rings is 2. The molecule has 2 aromatic carbocycles. The molecule has 2 aliphatic heterocycles. The first-order valence-electron chi connectivity index (χ1n) is 9.49. The number of carbonyl (C=O) groups excluding carboxylic acids is 3. The number of anilines is 2. The molecule has 0 aliphatic carbocycles. The number of fused-ring (bicyclic) bond motifs is 2. The van der Waals surface area contributed by atoms with E-state index in [1.807, 2.05) is 6.07 Å². The van der Waals surface area contributed by atoms with Gasteiger partial charge >= 0.3 is 11.9 Å². The summed E-state index contributed by atoms with van der Waals surface area (Å²) in [5.74, 6) is -2.18. The SMILES string of the molecule is COC(=O)C1(C(=O)OC)CCON(c2ccccc2)[C@@]12C(=O)N(C)c1ccccc12. The van der Waals surface area contributed by atoms with Crippen LogP contribution in [0.4, 0.5) is 11.4 Å². The Morgan fingerprint density at radius 2 is 1.57 bits per heavy atom. The fourth-order valence-corrected chi connectivity index (χ4v) is 4.65. The molecule has 1 fully saturated rings. The second kappa shape index (κ2) is 7.14. The number of hydroxylamine groups is 1. The molecule has 1 amide bonds. The number of para-hydroxylation sites is 2. The quantitative estimate of drug-likeness (QED) is 0.565. The summed E-state index contributed by atoms with van der Waals surface area (Å²) >= 11 is 0. The molecule has 0 radical (unpaired) electrons. The molecule has 0 saturated carbocycles. The lowest BCUT2D eigenvalue weighted by Crippen LogP contribution is -2.71. The third kappa shape index (κ3) is 2.28. The normalized spacial score (nSPS) is 22.0. The molecule has 0 N–H and O–H groups in total. The summed E-state index contributed by atoms with van der Waals surface area (Å²) in [5.41, 5.74) is -2.24. The molecule has 0 unspecified atom stereocenters. The van der Waals surface area contributed by atoms with Crippen LogP contribution in [0.2, 0.25) is 0 Å². The summed E-state index contributed by atoms with van der Waals surface area (Å²) in [7, 11) is 3.99. The van der Waals surface area contributed by atoms with E-state index in [0.29, 0.717) is 16.9 Å². The Morgan fingerprint density at radius 3 is 2.20 bits per heavy atom. The van der Waals surface area contributed by atoms with Crippen molar-refractivity contribution >= 4 is 29.2 Å². The van der Waals surface area contributed by atoms with Crippen LogP contribution in [-0.2, 0) is 34.2 Å². The van der Waals surface area contributed by atoms with Crippen molar-refractivity contribution in [2.24, 2.45) is 5.41 Å². The van der Waals surface area contributed by atoms with Gasteiger partial charge < -0.3 is 14.4 Å². The van der Waals surface area contributed by atoms with Gasteiger partial charge in [0.1, 0.15) is 0 Å². The molecule has 4 rings (SSSR count). The fourth-order valence-electron chi connectivity index (χ4n) is 4.65. The highest BCUT2D eigenvalue weighted by Gasteiger charge is 2.76. The number of nitrogens with zero attached hydrogens (tertiary/aromatic N) is 2. The molecule has 156 valence electrons. The Hall–Kier alpha value is -3.39. The molecule has 1 saturated heterocycles. The van der Waals surface area contributed by atoms with Gasteiger partial charge in [-0.05, 0) is 18.2 Å². The van der Waals surface area contributed by atoms with E-state index < -0.39 is 28.8 Å². The number of ether oxygens (including phenoxy) is 2. The average molecular weight is 410 g/mol. The summed E-state index contributed by atoms with van der Waals surface area (Å²) in [6.45, 7) is 0.0139. The van der Waals surface area contributed by atoms with E-state index in [9.17, 15) is 14.4 Å². The molecular formula is C22H22N2O6. The summed E-state index contributed by atoms with van der Waals surface area (Å²) in [6, 6.07) is 15.9. The molecule has 2 aromatic rings. The standard InChI is InChI=1S/C22H22N2O6/c1-23-17-12-8-7-11-16(17)22(18(23)25)21(19(26)28-2,20(27)29-3)13-14-30-24(22)15-9-5-4-6-10-15/h4-12H,13-14H2,1-3H3/t22-/m0/s1. The van der Waals surface area contributed by atoms with Crippen LogP contribution in [0.25, 0.3) is 0 Å². The van der Waals surface area contributed by atoms with Crippen LogP contribution in [0.5, 0.6) is 0 Å². The van der Waals surface area contributed by atoms with Crippen molar-refractivity contribution in [1.82, 2.24) is 0 Å². The van der Waals surface area contributed by atoms with Gasteiger partial charge in [0.15, 0.2) is 5.54 Å². The number of likely N-dealkylation sites (N-methyl/N-ethyl adjacent to an activating group) is 1. The van der Waals surface area contributed by atoms with Crippen molar-refractivity contribution < 1.29 is 28.7 Å². The molecule has 1 spiro atoms. The summed E-state index contributed by atoms with van der Waals surface area (Å²) < 4.78 is 10.2. The number of amides is 1. The van der Waals surface area contributed by atoms with Gasteiger partial charge in [0.25, 0.3) is 5.91 Å². The van der Waals surface area contributed by atoms with E-state index in [1.54, 1.807) is 55.6 Å². The minimum Gasteiger partial charge on any atom is -0.468 e. The third-order valence-corrected chi connectivity index (χ3v) is 5.95. The van der Waals surface area contributed by atoms with Gasteiger partial charge in [0, 0.05) is 24.7 Å². The van der Waals surface area contributed by atoms with Crippen molar-refractivity contribution in [3.8, 4) is 0 Å². The van der Waals surface area contributed by atoms with E-state index in [-0.39, 0.29) is 13.0 Å². The Kier molecular flexibility index (Phi) is 4.74. The van der Waals surface area contributed by atoms with Crippen molar-refractivity contribution in [3.63, 3.8) is 0 Å². The summed E-state index contributed by atoms with van der Waals surface area (Å²) in [5, 5.41) is 1.37.